The van der Waals surface area contributed by atoms with Crippen molar-refractivity contribution < 1.29 is 4.79 Å². The van der Waals surface area contributed by atoms with E-state index in [0.29, 0.717) is 13.1 Å². The topological polar surface area (TPSA) is 58.1 Å². The predicted octanol–water partition coefficient (Wildman–Crippen LogP) is 4.40. The van der Waals surface area contributed by atoms with E-state index in [4.69, 9.17) is 0 Å². The number of hydrogen-bond donors (Lipinski definition) is 1. The number of carbonyl (C=O) groups excluding carboxylic acids is 1. The standard InChI is InChI=1S/C24H28N4OS/c1-17-7-8-19(15-18(17)2)22-9-10-23(27-26-22)28-13-3-5-20(16-28)24(29)25-12-11-21-6-4-14-30-21/h4,6-10,14-15,20H,3,5,11-13,16H2,1-2H3,(H,25,29)/t20-/m0/s1. The largest absolute Gasteiger partial charge is 0.355 e. The van der Waals surface area contributed by atoms with E-state index in [9.17, 15) is 4.79 Å². The van der Waals surface area contributed by atoms with Crippen LogP contribution >= 0.6 is 11.3 Å². The third-order valence-electron chi connectivity index (χ3n) is 5.82. The lowest BCUT2D eigenvalue weighted by molar-refractivity contribution is -0.125. The second-order valence-electron chi connectivity index (χ2n) is 7.98. The highest BCUT2D eigenvalue weighted by Crippen LogP contribution is 2.24. The van der Waals surface area contributed by atoms with Gasteiger partial charge in [0.1, 0.15) is 0 Å². The molecule has 3 aromatic rings. The average Bonchev–Trinajstić information content (AvgIpc) is 3.29. The highest BCUT2D eigenvalue weighted by atomic mass is 32.1. The van der Waals surface area contributed by atoms with Crippen LogP contribution in [-0.4, -0.2) is 35.7 Å². The molecular weight excluding hydrogens is 392 g/mol. The summed E-state index contributed by atoms with van der Waals surface area (Å²) < 4.78 is 0. The minimum absolute atomic E-state index is 0.00307. The summed E-state index contributed by atoms with van der Waals surface area (Å²) in [7, 11) is 0. The molecule has 5 nitrogen and oxygen atoms in total. The number of thiophene rings is 1. The van der Waals surface area contributed by atoms with E-state index in [0.717, 1.165) is 42.9 Å². The van der Waals surface area contributed by atoms with Gasteiger partial charge >= 0.3 is 0 Å². The van der Waals surface area contributed by atoms with Gasteiger partial charge in [0.05, 0.1) is 11.6 Å². The Kier molecular flexibility index (Phi) is 6.43. The molecule has 1 aliphatic rings. The molecule has 0 radical (unpaired) electrons. The first kappa shape index (κ1) is 20.5. The minimum atomic E-state index is 0.00307. The molecule has 2 aromatic heterocycles. The van der Waals surface area contributed by atoms with Crippen LogP contribution in [-0.2, 0) is 11.2 Å². The highest BCUT2D eigenvalue weighted by Gasteiger charge is 2.26. The Bertz CT molecular complexity index is 985. The first-order chi connectivity index (χ1) is 14.6. The molecule has 1 atom stereocenters. The number of hydrogen-bond acceptors (Lipinski definition) is 5. The van der Waals surface area contributed by atoms with E-state index in [-0.39, 0.29) is 11.8 Å². The van der Waals surface area contributed by atoms with Crippen LogP contribution in [0.4, 0.5) is 5.82 Å². The molecule has 1 N–H and O–H groups in total. The molecular formula is C24H28N4OS. The van der Waals surface area contributed by atoms with Crippen molar-refractivity contribution in [2.45, 2.75) is 33.1 Å². The molecule has 3 heterocycles. The van der Waals surface area contributed by atoms with Crippen LogP contribution in [0.2, 0.25) is 0 Å². The van der Waals surface area contributed by atoms with Gasteiger partial charge in [-0.3, -0.25) is 4.79 Å². The number of rotatable bonds is 6. The highest BCUT2D eigenvalue weighted by molar-refractivity contribution is 7.09. The molecule has 4 rings (SSSR count). The summed E-state index contributed by atoms with van der Waals surface area (Å²) >= 11 is 1.73. The van der Waals surface area contributed by atoms with Crippen molar-refractivity contribution in [2.75, 3.05) is 24.5 Å². The number of amides is 1. The van der Waals surface area contributed by atoms with Gasteiger partial charge in [-0.05, 0) is 73.9 Å². The Morgan fingerprint density at radius 3 is 2.80 bits per heavy atom. The van der Waals surface area contributed by atoms with Crippen molar-refractivity contribution in [3.05, 3.63) is 63.8 Å². The van der Waals surface area contributed by atoms with E-state index in [1.165, 1.54) is 16.0 Å². The maximum absolute atomic E-state index is 12.6. The molecule has 1 aromatic carbocycles. The Balaban J connectivity index is 1.35. The number of anilines is 1. The van der Waals surface area contributed by atoms with Gasteiger partial charge in [-0.25, -0.2) is 0 Å². The zero-order valence-corrected chi connectivity index (χ0v) is 18.4. The smallest absolute Gasteiger partial charge is 0.224 e. The second-order valence-corrected chi connectivity index (χ2v) is 9.01. The third-order valence-corrected chi connectivity index (χ3v) is 6.76. The number of aryl methyl sites for hydroxylation is 2. The van der Waals surface area contributed by atoms with Crippen molar-refractivity contribution >= 4 is 23.1 Å². The molecule has 0 bridgehead atoms. The maximum Gasteiger partial charge on any atom is 0.224 e. The number of carbonyl (C=O) groups is 1. The molecule has 0 spiro atoms. The van der Waals surface area contributed by atoms with Crippen molar-refractivity contribution in [3.8, 4) is 11.3 Å². The van der Waals surface area contributed by atoms with E-state index >= 15 is 0 Å². The molecule has 1 aliphatic heterocycles. The van der Waals surface area contributed by atoms with Crippen molar-refractivity contribution in [3.63, 3.8) is 0 Å². The van der Waals surface area contributed by atoms with Gasteiger partial charge in [0.25, 0.3) is 0 Å². The third kappa shape index (κ3) is 4.87. The van der Waals surface area contributed by atoms with Crippen LogP contribution in [0.1, 0.15) is 28.8 Å². The van der Waals surface area contributed by atoms with E-state index in [1.807, 2.05) is 18.2 Å². The molecule has 1 saturated heterocycles. The van der Waals surface area contributed by atoms with Gasteiger partial charge in [0, 0.05) is 30.1 Å². The van der Waals surface area contributed by atoms with Gasteiger partial charge in [-0.2, -0.15) is 0 Å². The molecule has 30 heavy (non-hydrogen) atoms. The van der Waals surface area contributed by atoms with Crippen LogP contribution in [0.15, 0.2) is 47.8 Å². The first-order valence-electron chi connectivity index (χ1n) is 10.6. The molecule has 6 heteroatoms. The van der Waals surface area contributed by atoms with Crippen LogP contribution in [0, 0.1) is 19.8 Å². The summed E-state index contributed by atoms with van der Waals surface area (Å²) in [5.41, 5.74) is 4.49. The molecule has 0 aliphatic carbocycles. The average molecular weight is 421 g/mol. The van der Waals surface area contributed by atoms with Gasteiger partial charge in [-0.1, -0.05) is 18.2 Å². The van der Waals surface area contributed by atoms with E-state index < -0.39 is 0 Å². The van der Waals surface area contributed by atoms with Gasteiger partial charge in [0.2, 0.25) is 5.91 Å². The summed E-state index contributed by atoms with van der Waals surface area (Å²) in [6.07, 6.45) is 2.81. The lowest BCUT2D eigenvalue weighted by Crippen LogP contribution is -2.43. The summed E-state index contributed by atoms with van der Waals surface area (Å²) in [4.78, 5) is 16.1. The first-order valence-corrected chi connectivity index (χ1v) is 11.4. The SMILES string of the molecule is Cc1ccc(-c2ccc(N3CCC[C@H](C(=O)NCCc4cccs4)C3)nn2)cc1C. The number of nitrogens with one attached hydrogen (secondary N) is 1. The molecule has 0 saturated carbocycles. The predicted molar refractivity (Wildman–Crippen MR) is 123 cm³/mol. The minimum Gasteiger partial charge on any atom is -0.355 e. The fourth-order valence-corrected chi connectivity index (χ4v) is 4.56. The summed E-state index contributed by atoms with van der Waals surface area (Å²) in [5, 5.41) is 14.1. The van der Waals surface area contributed by atoms with Crippen LogP contribution in [0.3, 0.4) is 0 Å². The Hall–Kier alpha value is -2.73. The Morgan fingerprint density at radius 2 is 2.07 bits per heavy atom. The maximum atomic E-state index is 12.6. The van der Waals surface area contributed by atoms with Gasteiger partial charge in [-0.15, -0.1) is 21.5 Å². The number of benzene rings is 1. The molecule has 1 amide bonds. The zero-order chi connectivity index (χ0) is 20.9. The summed E-state index contributed by atoms with van der Waals surface area (Å²) in [6.45, 7) is 6.53. The normalized spacial score (nSPS) is 16.5. The summed E-state index contributed by atoms with van der Waals surface area (Å²) in [5.74, 6) is 0.998. The van der Waals surface area contributed by atoms with Crippen molar-refractivity contribution in [2.24, 2.45) is 5.92 Å². The van der Waals surface area contributed by atoms with Crippen LogP contribution in [0.25, 0.3) is 11.3 Å². The van der Waals surface area contributed by atoms with Crippen LogP contribution in [0.5, 0.6) is 0 Å². The Morgan fingerprint density at radius 1 is 1.17 bits per heavy atom. The number of piperidine rings is 1. The van der Waals surface area contributed by atoms with Crippen molar-refractivity contribution in [1.29, 1.82) is 0 Å². The second kappa shape index (κ2) is 9.39. The summed E-state index contributed by atoms with van der Waals surface area (Å²) in [6, 6.07) is 14.6. The molecule has 1 fully saturated rings. The zero-order valence-electron chi connectivity index (χ0n) is 17.6. The van der Waals surface area contributed by atoms with Crippen LogP contribution < -0.4 is 10.2 Å². The van der Waals surface area contributed by atoms with E-state index in [2.05, 4.69) is 63.9 Å². The fraction of sp³-hybridized carbons (Fsp3) is 0.375. The molecule has 0 unspecified atom stereocenters. The molecule has 156 valence electrons. The van der Waals surface area contributed by atoms with Gasteiger partial charge in [0.15, 0.2) is 5.82 Å². The number of aromatic nitrogens is 2. The lowest BCUT2D eigenvalue weighted by Gasteiger charge is -2.32. The monoisotopic (exact) mass is 420 g/mol. The number of nitrogens with zero attached hydrogens (tertiary/aromatic N) is 3. The fourth-order valence-electron chi connectivity index (χ4n) is 3.86. The van der Waals surface area contributed by atoms with Crippen molar-refractivity contribution in [1.82, 2.24) is 15.5 Å². The Labute approximate surface area is 182 Å². The quantitative estimate of drug-likeness (QED) is 0.642. The lowest BCUT2D eigenvalue weighted by atomic mass is 9.97. The van der Waals surface area contributed by atoms with E-state index in [1.54, 1.807) is 11.3 Å². The van der Waals surface area contributed by atoms with Gasteiger partial charge < -0.3 is 10.2 Å².